The van der Waals surface area contributed by atoms with E-state index in [1.165, 1.54) is 12.1 Å². The first kappa shape index (κ1) is 21.5. The predicted octanol–water partition coefficient (Wildman–Crippen LogP) is 4.24. The van der Waals surface area contributed by atoms with Gasteiger partial charge in [-0.05, 0) is 49.2 Å². The molecule has 9 heteroatoms. The number of phenolic OH excluding ortho intramolecular Hbond substituents is 2. The van der Waals surface area contributed by atoms with E-state index in [1.807, 2.05) is 13.8 Å². The molecule has 2 aromatic carbocycles. The standard InChI is InChI=1S/C19H21Cl2N5O2/c1-3-15(13-7-5-11(20)9-17(13)27)23-25-19(22)26-24-16(4-2)14-8-6-12(21)10-18(14)28/h5-10,27-28H,3-4H2,1-2H3,(H3,22,25,26). The molecule has 0 saturated heterocycles. The molecule has 2 rings (SSSR count). The fourth-order valence-corrected chi connectivity index (χ4v) is 2.74. The summed E-state index contributed by atoms with van der Waals surface area (Å²) in [6, 6.07) is 9.53. The van der Waals surface area contributed by atoms with Crippen molar-refractivity contribution in [1.82, 2.24) is 5.43 Å². The van der Waals surface area contributed by atoms with Crippen LogP contribution in [0.2, 0.25) is 10.0 Å². The highest BCUT2D eigenvalue weighted by Crippen LogP contribution is 2.24. The zero-order chi connectivity index (χ0) is 20.7. The number of hydrogen-bond acceptors (Lipinski definition) is 5. The molecular formula is C19H21Cl2N5O2. The smallest absolute Gasteiger partial charge is 0.234 e. The van der Waals surface area contributed by atoms with E-state index in [0.29, 0.717) is 45.4 Å². The van der Waals surface area contributed by atoms with Crippen molar-refractivity contribution in [3.63, 3.8) is 0 Å². The van der Waals surface area contributed by atoms with Gasteiger partial charge in [-0.1, -0.05) is 37.0 Å². The first-order valence-corrected chi connectivity index (χ1v) is 9.31. The number of nitrogens with two attached hydrogens (primary N) is 1. The molecule has 5 N–H and O–H groups in total. The maximum Gasteiger partial charge on any atom is 0.234 e. The summed E-state index contributed by atoms with van der Waals surface area (Å²) in [7, 11) is 0. The van der Waals surface area contributed by atoms with Crippen molar-refractivity contribution < 1.29 is 10.2 Å². The van der Waals surface area contributed by atoms with Crippen molar-refractivity contribution >= 4 is 40.6 Å². The summed E-state index contributed by atoms with van der Waals surface area (Å²) in [5.41, 5.74) is 10.6. The molecule has 0 amide bonds. The van der Waals surface area contributed by atoms with Gasteiger partial charge in [0.2, 0.25) is 5.96 Å². The van der Waals surface area contributed by atoms with Crippen molar-refractivity contribution in [1.29, 1.82) is 0 Å². The summed E-state index contributed by atoms with van der Waals surface area (Å²) >= 11 is 11.7. The molecule has 0 heterocycles. The monoisotopic (exact) mass is 421 g/mol. The van der Waals surface area contributed by atoms with Crippen LogP contribution in [0.1, 0.15) is 37.8 Å². The highest BCUT2D eigenvalue weighted by molar-refractivity contribution is 6.31. The lowest BCUT2D eigenvalue weighted by molar-refractivity contribution is 0.473. The Labute approximate surface area is 173 Å². The minimum absolute atomic E-state index is 0.0133. The molecule has 0 bridgehead atoms. The van der Waals surface area contributed by atoms with E-state index in [-0.39, 0.29) is 17.5 Å². The highest BCUT2D eigenvalue weighted by atomic mass is 35.5. The van der Waals surface area contributed by atoms with E-state index in [9.17, 15) is 10.2 Å². The Balaban J connectivity index is 2.21. The van der Waals surface area contributed by atoms with Gasteiger partial charge in [0.15, 0.2) is 0 Å². The van der Waals surface area contributed by atoms with Crippen molar-refractivity contribution in [2.24, 2.45) is 21.0 Å². The number of guanidine groups is 1. The molecule has 0 aliphatic carbocycles. The minimum Gasteiger partial charge on any atom is -0.507 e. The molecule has 0 unspecified atom stereocenters. The van der Waals surface area contributed by atoms with Gasteiger partial charge in [0.05, 0.1) is 11.4 Å². The van der Waals surface area contributed by atoms with Crippen molar-refractivity contribution in [2.45, 2.75) is 26.7 Å². The SMILES string of the molecule is CCC(=NN=C(N)NN=C(CC)c1ccc(Cl)cc1O)c1ccc(Cl)cc1O. The first-order valence-electron chi connectivity index (χ1n) is 8.56. The number of rotatable bonds is 6. The lowest BCUT2D eigenvalue weighted by Crippen LogP contribution is -2.28. The average Bonchev–Trinajstić information content (AvgIpc) is 2.65. The summed E-state index contributed by atoms with van der Waals surface area (Å²) in [5, 5.41) is 33.1. The van der Waals surface area contributed by atoms with E-state index in [1.54, 1.807) is 24.3 Å². The van der Waals surface area contributed by atoms with Gasteiger partial charge < -0.3 is 15.9 Å². The second-order valence-electron chi connectivity index (χ2n) is 5.73. The van der Waals surface area contributed by atoms with Crippen molar-refractivity contribution in [3.8, 4) is 11.5 Å². The van der Waals surface area contributed by atoms with E-state index < -0.39 is 0 Å². The van der Waals surface area contributed by atoms with Crippen LogP contribution in [0.4, 0.5) is 0 Å². The second-order valence-corrected chi connectivity index (χ2v) is 6.61. The van der Waals surface area contributed by atoms with Crippen LogP contribution in [0.5, 0.6) is 11.5 Å². The van der Waals surface area contributed by atoms with Crippen molar-refractivity contribution in [3.05, 3.63) is 57.6 Å². The van der Waals surface area contributed by atoms with E-state index in [2.05, 4.69) is 20.7 Å². The van der Waals surface area contributed by atoms with E-state index >= 15 is 0 Å². The lowest BCUT2D eigenvalue weighted by atomic mass is 10.1. The van der Waals surface area contributed by atoms with Gasteiger partial charge in [0, 0.05) is 21.2 Å². The first-order chi connectivity index (χ1) is 13.3. The summed E-state index contributed by atoms with van der Waals surface area (Å²) < 4.78 is 0. The maximum atomic E-state index is 10.0. The molecule has 148 valence electrons. The Morgan fingerprint density at radius 2 is 1.39 bits per heavy atom. The molecular weight excluding hydrogens is 401 g/mol. The number of hydrogen-bond donors (Lipinski definition) is 4. The van der Waals surface area contributed by atoms with Crippen LogP contribution in [0.15, 0.2) is 51.7 Å². The van der Waals surface area contributed by atoms with Gasteiger partial charge in [0.1, 0.15) is 11.5 Å². The van der Waals surface area contributed by atoms with Gasteiger partial charge >= 0.3 is 0 Å². The number of phenols is 2. The second kappa shape index (κ2) is 9.96. The third kappa shape index (κ3) is 5.61. The molecule has 0 atom stereocenters. The van der Waals surface area contributed by atoms with Crippen LogP contribution in [0, 0.1) is 0 Å². The molecule has 0 aromatic heterocycles. The van der Waals surface area contributed by atoms with Crippen LogP contribution >= 0.6 is 23.2 Å². The molecule has 0 aliphatic heterocycles. The molecule has 7 nitrogen and oxygen atoms in total. The Morgan fingerprint density at radius 3 is 1.86 bits per heavy atom. The fourth-order valence-electron chi connectivity index (χ4n) is 2.40. The predicted molar refractivity (Wildman–Crippen MR) is 115 cm³/mol. The topological polar surface area (TPSA) is 116 Å². The van der Waals surface area contributed by atoms with Gasteiger partial charge in [-0.25, -0.2) is 5.43 Å². The molecule has 2 aromatic rings. The number of nitrogens with one attached hydrogen (secondary N) is 1. The molecule has 0 radical (unpaired) electrons. The molecule has 28 heavy (non-hydrogen) atoms. The number of halogens is 2. The number of aromatic hydroxyl groups is 2. The Bertz CT molecular complexity index is 942. The minimum atomic E-state index is -0.0428. The van der Waals surface area contributed by atoms with Crippen LogP contribution in [0.3, 0.4) is 0 Å². The van der Waals surface area contributed by atoms with Gasteiger partial charge in [-0.3, -0.25) is 0 Å². The zero-order valence-corrected chi connectivity index (χ0v) is 17.0. The van der Waals surface area contributed by atoms with Crippen LogP contribution in [-0.4, -0.2) is 27.6 Å². The average molecular weight is 422 g/mol. The van der Waals surface area contributed by atoms with Gasteiger partial charge in [-0.2, -0.15) is 10.2 Å². The number of benzene rings is 2. The molecule has 0 fully saturated rings. The Morgan fingerprint density at radius 1 is 0.893 bits per heavy atom. The maximum absolute atomic E-state index is 10.0. The highest BCUT2D eigenvalue weighted by Gasteiger charge is 2.09. The van der Waals surface area contributed by atoms with Gasteiger partial charge in [0.25, 0.3) is 0 Å². The zero-order valence-electron chi connectivity index (χ0n) is 15.4. The molecule has 0 spiro atoms. The Kier molecular flexibility index (Phi) is 7.66. The number of hydrazone groups is 1. The van der Waals surface area contributed by atoms with E-state index in [4.69, 9.17) is 28.9 Å². The molecule has 0 aliphatic rings. The van der Waals surface area contributed by atoms with Crippen LogP contribution in [0.25, 0.3) is 0 Å². The largest absolute Gasteiger partial charge is 0.507 e. The number of nitrogens with zero attached hydrogens (tertiary/aromatic N) is 3. The summed E-state index contributed by atoms with van der Waals surface area (Å²) in [5.74, 6) is -0.00643. The van der Waals surface area contributed by atoms with E-state index in [0.717, 1.165) is 0 Å². The third-order valence-corrected chi connectivity index (χ3v) is 4.27. The third-order valence-electron chi connectivity index (χ3n) is 3.79. The quantitative estimate of drug-likeness (QED) is 0.317. The van der Waals surface area contributed by atoms with Gasteiger partial charge in [-0.15, -0.1) is 5.10 Å². The van der Waals surface area contributed by atoms with Crippen molar-refractivity contribution in [2.75, 3.05) is 0 Å². The lowest BCUT2D eigenvalue weighted by Gasteiger charge is -2.08. The fraction of sp³-hybridized carbons (Fsp3) is 0.211. The summed E-state index contributed by atoms with van der Waals surface area (Å²) in [4.78, 5) is 0. The Hall–Kier alpha value is -2.77. The summed E-state index contributed by atoms with van der Waals surface area (Å²) in [6.45, 7) is 3.77. The van der Waals surface area contributed by atoms with Crippen LogP contribution in [-0.2, 0) is 0 Å². The normalized spacial score (nSPS) is 12.9. The molecule has 0 saturated carbocycles. The van der Waals surface area contributed by atoms with Crippen LogP contribution < -0.4 is 11.2 Å². The summed E-state index contributed by atoms with van der Waals surface area (Å²) in [6.07, 6.45) is 1.06.